The van der Waals surface area contributed by atoms with Crippen molar-refractivity contribution in [3.05, 3.63) is 130 Å². The van der Waals surface area contributed by atoms with Crippen LogP contribution in [0.1, 0.15) is 45.6 Å². The summed E-state index contributed by atoms with van der Waals surface area (Å²) in [4.78, 5) is 26.4. The number of hydrogen-bond donors (Lipinski definition) is 3. The van der Waals surface area contributed by atoms with Gasteiger partial charge in [-0.3, -0.25) is 9.69 Å². The second kappa shape index (κ2) is 13.1. The van der Waals surface area contributed by atoms with Crippen LogP contribution in [-0.4, -0.2) is 64.7 Å². The molecule has 1 aliphatic rings. The van der Waals surface area contributed by atoms with Crippen molar-refractivity contribution >= 4 is 39.8 Å². The van der Waals surface area contributed by atoms with Crippen molar-refractivity contribution in [2.24, 2.45) is 4.99 Å². The first-order chi connectivity index (χ1) is 21.3. The zero-order valence-electron chi connectivity index (χ0n) is 24.9. The molecule has 224 valence electrons. The van der Waals surface area contributed by atoms with Crippen LogP contribution in [0.15, 0.2) is 102 Å². The van der Waals surface area contributed by atoms with Crippen molar-refractivity contribution in [1.29, 1.82) is 0 Å². The van der Waals surface area contributed by atoms with E-state index in [0.717, 1.165) is 49.5 Å². The fourth-order valence-electron chi connectivity index (χ4n) is 5.68. The SMILES string of the molecule is C[C@@H](NC(=O)c1ccc2[nH]c(O)c(C(=Nc3cccc(CN4CCN(C)CC4)c3)c3ccccc3)c2c1)c1cccc(Cl)c1. The van der Waals surface area contributed by atoms with E-state index in [1.807, 2.05) is 85.8 Å². The molecule has 7 nitrogen and oxygen atoms in total. The maximum atomic E-state index is 13.4. The number of halogens is 1. The molecule has 0 bridgehead atoms. The zero-order chi connectivity index (χ0) is 30.6. The molecule has 44 heavy (non-hydrogen) atoms. The highest BCUT2D eigenvalue weighted by molar-refractivity contribution is 6.30. The Labute approximate surface area is 262 Å². The quantitative estimate of drug-likeness (QED) is 0.167. The molecule has 1 atom stereocenters. The summed E-state index contributed by atoms with van der Waals surface area (Å²) in [5.41, 5.74) is 6.13. The summed E-state index contributed by atoms with van der Waals surface area (Å²) in [5.74, 6) is -0.220. The Bertz CT molecular complexity index is 1810. The van der Waals surface area contributed by atoms with Crippen molar-refractivity contribution in [2.45, 2.75) is 19.5 Å². The van der Waals surface area contributed by atoms with Crippen LogP contribution >= 0.6 is 11.6 Å². The molecule has 1 fully saturated rings. The molecule has 4 aromatic carbocycles. The monoisotopic (exact) mass is 605 g/mol. The van der Waals surface area contributed by atoms with Crippen LogP contribution in [0, 0.1) is 0 Å². The minimum Gasteiger partial charge on any atom is -0.494 e. The van der Waals surface area contributed by atoms with Gasteiger partial charge in [-0.15, -0.1) is 0 Å². The first-order valence-corrected chi connectivity index (χ1v) is 15.3. The number of likely N-dealkylation sites (N-methyl/N-ethyl adjacent to an activating group) is 1. The molecule has 3 N–H and O–H groups in total. The number of amides is 1. The first kappa shape index (κ1) is 29.6. The Morgan fingerprint density at radius 1 is 0.932 bits per heavy atom. The van der Waals surface area contributed by atoms with Crippen LogP contribution in [0.2, 0.25) is 5.02 Å². The van der Waals surface area contributed by atoms with Crippen LogP contribution < -0.4 is 5.32 Å². The molecule has 0 radical (unpaired) electrons. The summed E-state index contributed by atoms with van der Waals surface area (Å²) < 4.78 is 0. The normalized spacial score (nSPS) is 15.4. The van der Waals surface area contributed by atoms with Crippen LogP contribution in [0.4, 0.5) is 5.69 Å². The van der Waals surface area contributed by atoms with E-state index in [-0.39, 0.29) is 17.8 Å². The van der Waals surface area contributed by atoms with E-state index >= 15 is 0 Å². The second-order valence-electron chi connectivity index (χ2n) is 11.4. The maximum Gasteiger partial charge on any atom is 0.251 e. The molecule has 1 aromatic heterocycles. The van der Waals surface area contributed by atoms with E-state index in [2.05, 4.69) is 39.3 Å². The smallest absolute Gasteiger partial charge is 0.251 e. The van der Waals surface area contributed by atoms with Crippen LogP contribution in [0.3, 0.4) is 0 Å². The van der Waals surface area contributed by atoms with Gasteiger partial charge in [-0.2, -0.15) is 0 Å². The molecule has 5 aromatic rings. The fourth-order valence-corrected chi connectivity index (χ4v) is 5.88. The van der Waals surface area contributed by atoms with E-state index in [0.29, 0.717) is 32.8 Å². The van der Waals surface area contributed by atoms with Crippen molar-refractivity contribution in [3.63, 3.8) is 0 Å². The largest absolute Gasteiger partial charge is 0.494 e. The summed E-state index contributed by atoms with van der Waals surface area (Å²) in [5, 5.41) is 15.6. The van der Waals surface area contributed by atoms with E-state index in [1.54, 1.807) is 6.07 Å². The number of aromatic nitrogens is 1. The van der Waals surface area contributed by atoms with E-state index in [9.17, 15) is 9.90 Å². The Balaban J connectivity index is 1.35. The average molecular weight is 606 g/mol. The number of carbonyl (C=O) groups excluding carboxylic acids is 1. The third kappa shape index (κ3) is 6.70. The van der Waals surface area contributed by atoms with Crippen molar-refractivity contribution < 1.29 is 9.90 Å². The molecule has 1 aliphatic heterocycles. The molecular weight excluding hydrogens is 570 g/mol. The third-order valence-electron chi connectivity index (χ3n) is 8.17. The summed E-state index contributed by atoms with van der Waals surface area (Å²) in [6.07, 6.45) is 0. The number of rotatable bonds is 8. The zero-order valence-corrected chi connectivity index (χ0v) is 25.7. The predicted octanol–water partition coefficient (Wildman–Crippen LogP) is 6.93. The van der Waals surface area contributed by atoms with Gasteiger partial charge in [0.2, 0.25) is 0 Å². The number of nitrogens with zero attached hydrogens (tertiary/aromatic N) is 3. The van der Waals surface area contributed by atoms with Crippen molar-refractivity contribution in [1.82, 2.24) is 20.1 Å². The number of aromatic amines is 1. The number of hydrogen-bond acceptors (Lipinski definition) is 5. The van der Waals surface area contributed by atoms with Gasteiger partial charge in [0.1, 0.15) is 0 Å². The molecule has 0 aliphatic carbocycles. The Morgan fingerprint density at radius 2 is 1.70 bits per heavy atom. The van der Waals surface area contributed by atoms with Gasteiger partial charge in [-0.05, 0) is 67.6 Å². The standard InChI is InChI=1S/C36H36ClN5O2/c1-24(27-11-7-12-29(37)21-27)38-35(43)28-14-15-32-31(22-28)33(36(44)40-32)34(26-9-4-3-5-10-26)39-30-13-6-8-25(20-30)23-42-18-16-41(2)17-19-42/h3-15,20-22,24,40,44H,16-19,23H2,1-2H3,(H,38,43)/t24-/m1/s1. The highest BCUT2D eigenvalue weighted by Gasteiger charge is 2.21. The Morgan fingerprint density at radius 3 is 2.48 bits per heavy atom. The van der Waals surface area contributed by atoms with E-state index < -0.39 is 0 Å². The highest BCUT2D eigenvalue weighted by atomic mass is 35.5. The number of benzene rings is 4. The van der Waals surface area contributed by atoms with Gasteiger partial charge in [0.25, 0.3) is 5.91 Å². The number of piperazine rings is 1. The molecule has 0 unspecified atom stereocenters. The maximum absolute atomic E-state index is 13.4. The fraction of sp³-hybridized carbons (Fsp3) is 0.222. The Hall–Kier alpha value is -4.43. The molecule has 8 heteroatoms. The number of carbonyl (C=O) groups is 1. The summed E-state index contributed by atoms with van der Waals surface area (Å²) in [6.45, 7) is 6.99. The number of aliphatic imine (C=N–C) groups is 1. The summed E-state index contributed by atoms with van der Waals surface area (Å²) >= 11 is 6.17. The number of H-pyrrole nitrogens is 1. The predicted molar refractivity (Wildman–Crippen MR) is 178 cm³/mol. The van der Waals surface area contributed by atoms with Crippen LogP contribution in [0.25, 0.3) is 10.9 Å². The molecular formula is C36H36ClN5O2. The lowest BCUT2D eigenvalue weighted by atomic mass is 9.99. The lowest BCUT2D eigenvalue weighted by Gasteiger charge is -2.32. The summed E-state index contributed by atoms with van der Waals surface area (Å²) in [6, 6.07) is 30.7. The topological polar surface area (TPSA) is 84.0 Å². The molecule has 1 saturated heterocycles. The van der Waals surface area contributed by atoms with Crippen molar-refractivity contribution in [2.75, 3.05) is 33.2 Å². The number of fused-ring (bicyclic) bond motifs is 1. The van der Waals surface area contributed by atoms with Gasteiger partial charge >= 0.3 is 0 Å². The molecule has 0 saturated carbocycles. The lowest BCUT2D eigenvalue weighted by molar-refractivity contribution is 0.0940. The van der Waals surface area contributed by atoms with Gasteiger partial charge in [-0.1, -0.05) is 66.2 Å². The van der Waals surface area contributed by atoms with Crippen LogP contribution in [-0.2, 0) is 6.54 Å². The van der Waals surface area contributed by atoms with E-state index in [4.69, 9.17) is 16.6 Å². The second-order valence-corrected chi connectivity index (χ2v) is 11.9. The average Bonchev–Trinajstić information content (AvgIpc) is 3.36. The van der Waals surface area contributed by atoms with Gasteiger partial charge in [0.05, 0.1) is 23.0 Å². The summed E-state index contributed by atoms with van der Waals surface area (Å²) in [7, 11) is 2.16. The van der Waals surface area contributed by atoms with Gasteiger partial charge in [-0.25, -0.2) is 4.99 Å². The van der Waals surface area contributed by atoms with Crippen LogP contribution in [0.5, 0.6) is 5.88 Å². The van der Waals surface area contributed by atoms with Crippen molar-refractivity contribution in [3.8, 4) is 5.88 Å². The highest BCUT2D eigenvalue weighted by Crippen LogP contribution is 2.33. The minimum atomic E-state index is -0.240. The van der Waals surface area contributed by atoms with Gasteiger partial charge in [0.15, 0.2) is 5.88 Å². The van der Waals surface area contributed by atoms with Gasteiger partial charge < -0.3 is 20.3 Å². The third-order valence-corrected chi connectivity index (χ3v) is 8.41. The lowest BCUT2D eigenvalue weighted by Crippen LogP contribution is -2.43. The minimum absolute atomic E-state index is 0.000970. The number of aromatic hydroxyl groups is 1. The molecule has 2 heterocycles. The molecule has 0 spiro atoms. The Kier molecular flexibility index (Phi) is 8.79. The van der Waals surface area contributed by atoms with Gasteiger partial charge in [0, 0.05) is 59.8 Å². The first-order valence-electron chi connectivity index (χ1n) is 14.9. The molecule has 1 amide bonds. The van der Waals surface area contributed by atoms with E-state index in [1.165, 1.54) is 5.56 Å². The molecule has 6 rings (SSSR count). The number of nitrogens with one attached hydrogen (secondary N) is 2.